The van der Waals surface area contributed by atoms with Gasteiger partial charge >= 0.3 is 11.9 Å². The van der Waals surface area contributed by atoms with Gasteiger partial charge in [0.15, 0.2) is 11.5 Å². The number of fused-ring (bicyclic) bond motifs is 4. The van der Waals surface area contributed by atoms with Gasteiger partial charge < -0.3 is 18.9 Å². The number of carbonyl (C=O) groups is 2. The molecule has 0 unspecified atom stereocenters. The van der Waals surface area contributed by atoms with Gasteiger partial charge in [-0.25, -0.2) is 0 Å². The van der Waals surface area contributed by atoms with Crippen molar-refractivity contribution in [3.63, 3.8) is 0 Å². The molecule has 0 bridgehead atoms. The molecule has 1 aliphatic heterocycles. The van der Waals surface area contributed by atoms with E-state index in [0.717, 1.165) is 24.8 Å². The second kappa shape index (κ2) is 8.85. The summed E-state index contributed by atoms with van der Waals surface area (Å²) in [6.07, 6.45) is 5.86. The van der Waals surface area contributed by atoms with E-state index in [-0.39, 0.29) is 53.2 Å². The van der Waals surface area contributed by atoms with Gasteiger partial charge in [0.05, 0.1) is 6.10 Å². The molecule has 1 aromatic carbocycles. The average molecular weight is 473 g/mol. The summed E-state index contributed by atoms with van der Waals surface area (Å²) >= 11 is 0. The second-order valence-corrected chi connectivity index (χ2v) is 11.5. The number of hydrogen-bond donors (Lipinski definition) is 0. The number of methoxy groups -OCH3 is 1. The highest BCUT2D eigenvalue weighted by atomic mass is 16.6. The van der Waals surface area contributed by atoms with Crippen LogP contribution in [0.25, 0.3) is 0 Å². The van der Waals surface area contributed by atoms with E-state index in [1.54, 1.807) is 33.1 Å². The molecule has 34 heavy (non-hydrogen) atoms. The van der Waals surface area contributed by atoms with Crippen molar-refractivity contribution in [3.8, 4) is 17.2 Å². The largest absolute Gasteiger partial charge is 0.487 e. The van der Waals surface area contributed by atoms with E-state index in [9.17, 15) is 9.59 Å². The predicted molar refractivity (Wildman–Crippen MR) is 129 cm³/mol. The van der Waals surface area contributed by atoms with Crippen LogP contribution in [0.1, 0.15) is 98.2 Å². The zero-order valence-corrected chi connectivity index (χ0v) is 21.8. The van der Waals surface area contributed by atoms with E-state index in [1.807, 2.05) is 0 Å². The Balaban J connectivity index is 1.83. The zero-order chi connectivity index (χ0) is 24.9. The van der Waals surface area contributed by atoms with Gasteiger partial charge in [-0.05, 0) is 55.4 Å². The molecule has 6 nitrogen and oxygen atoms in total. The van der Waals surface area contributed by atoms with E-state index in [1.165, 1.54) is 12.8 Å². The van der Waals surface area contributed by atoms with Crippen molar-refractivity contribution in [2.45, 2.75) is 98.2 Å². The van der Waals surface area contributed by atoms with Gasteiger partial charge in [-0.3, -0.25) is 9.59 Å². The maximum atomic E-state index is 12.2. The van der Waals surface area contributed by atoms with Gasteiger partial charge in [-0.2, -0.15) is 0 Å². The maximum Gasteiger partial charge on any atom is 0.311 e. The summed E-state index contributed by atoms with van der Waals surface area (Å²) in [6.45, 7) is 12.9. The van der Waals surface area contributed by atoms with Crippen molar-refractivity contribution in [1.82, 2.24) is 0 Å². The third-order valence-electron chi connectivity index (χ3n) is 8.88. The number of benzene rings is 1. The summed E-state index contributed by atoms with van der Waals surface area (Å²) in [7, 11) is 1.75. The molecule has 2 aliphatic carbocycles. The van der Waals surface area contributed by atoms with Crippen LogP contribution in [0.4, 0.5) is 0 Å². The van der Waals surface area contributed by atoms with Crippen LogP contribution >= 0.6 is 0 Å². The molecule has 1 aromatic rings. The standard InChI is InChI=1S/C28H40O6/c1-8-22(29)32-19-15-17-18(16-20(19)33-23(30)9-2)34-28(6)14-11-21-26(3,4)12-10-13-27(21,5)25(28)24(17)31-7/h15-16,21,24-25H,8-14H2,1-7H3/t21-,24+,25+,27-,28-/m0/s1. The monoisotopic (exact) mass is 472 g/mol. The number of rotatable bonds is 5. The number of carbonyl (C=O) groups excluding carboxylic acids is 2. The molecule has 2 fully saturated rings. The van der Waals surface area contributed by atoms with Crippen LogP contribution in [-0.2, 0) is 14.3 Å². The highest BCUT2D eigenvalue weighted by Gasteiger charge is 2.63. The van der Waals surface area contributed by atoms with Gasteiger partial charge in [0, 0.05) is 37.5 Å². The lowest BCUT2D eigenvalue weighted by Crippen LogP contribution is -2.62. The molecule has 188 valence electrons. The van der Waals surface area contributed by atoms with Crippen LogP contribution in [0, 0.1) is 22.7 Å². The summed E-state index contributed by atoms with van der Waals surface area (Å²) in [5.41, 5.74) is 0.776. The minimum absolute atomic E-state index is 0.0563. The zero-order valence-electron chi connectivity index (χ0n) is 21.8. The van der Waals surface area contributed by atoms with Crippen molar-refractivity contribution in [3.05, 3.63) is 17.7 Å². The fourth-order valence-corrected chi connectivity index (χ4v) is 7.43. The number of ether oxygens (including phenoxy) is 4. The Bertz CT molecular complexity index is 968. The summed E-state index contributed by atoms with van der Waals surface area (Å²) in [6, 6.07) is 3.49. The first-order chi connectivity index (χ1) is 16.0. The van der Waals surface area contributed by atoms with E-state index >= 15 is 0 Å². The minimum atomic E-state index is -0.403. The Morgan fingerprint density at radius 1 is 0.971 bits per heavy atom. The number of hydrogen-bond acceptors (Lipinski definition) is 6. The van der Waals surface area contributed by atoms with Crippen LogP contribution in [-0.4, -0.2) is 24.6 Å². The molecule has 3 aliphatic rings. The number of esters is 2. The Hall–Kier alpha value is -2.08. The van der Waals surface area contributed by atoms with Crippen LogP contribution in [0.2, 0.25) is 0 Å². The summed E-state index contributed by atoms with van der Waals surface area (Å²) in [4.78, 5) is 24.3. The minimum Gasteiger partial charge on any atom is -0.487 e. The summed E-state index contributed by atoms with van der Waals surface area (Å²) < 4.78 is 24.1. The van der Waals surface area contributed by atoms with E-state index < -0.39 is 11.6 Å². The SMILES string of the molecule is CCC(=O)Oc1cc2c(cc1OC(=O)CC)[C@@H](OC)[C@@H]1[C@@]3(C)CCCC(C)(C)[C@@H]3CC[C@]1(C)O2. The third kappa shape index (κ3) is 4.02. The molecule has 0 spiro atoms. The molecule has 0 N–H and O–H groups in total. The lowest BCUT2D eigenvalue weighted by molar-refractivity contribution is -0.207. The fourth-order valence-electron chi connectivity index (χ4n) is 7.43. The molecule has 5 atom stereocenters. The van der Waals surface area contributed by atoms with Gasteiger partial charge in [0.25, 0.3) is 0 Å². The quantitative estimate of drug-likeness (QED) is 0.365. The molecule has 4 rings (SSSR count). The predicted octanol–water partition coefficient (Wildman–Crippen LogP) is 6.40. The molecular weight excluding hydrogens is 432 g/mol. The first-order valence-corrected chi connectivity index (χ1v) is 12.8. The summed E-state index contributed by atoms with van der Waals surface area (Å²) in [5, 5.41) is 0. The molecule has 0 aromatic heterocycles. The molecule has 1 heterocycles. The molecule has 2 saturated carbocycles. The van der Waals surface area contributed by atoms with E-state index in [2.05, 4.69) is 27.7 Å². The average Bonchev–Trinajstić information content (AvgIpc) is 2.77. The highest BCUT2D eigenvalue weighted by molar-refractivity contribution is 5.76. The van der Waals surface area contributed by atoms with Gasteiger partial charge in [0.2, 0.25) is 0 Å². The Morgan fingerprint density at radius 2 is 1.59 bits per heavy atom. The van der Waals surface area contributed by atoms with Gasteiger partial charge in [-0.1, -0.05) is 41.0 Å². The Labute approximate surface area is 203 Å². The first kappa shape index (κ1) is 25.0. The Kier molecular flexibility index (Phi) is 6.52. The molecule has 0 saturated heterocycles. The molecule has 0 amide bonds. The normalized spacial score (nSPS) is 33.6. The lowest BCUT2D eigenvalue weighted by Gasteiger charge is -2.64. The van der Waals surface area contributed by atoms with Gasteiger partial charge in [0.1, 0.15) is 11.4 Å². The third-order valence-corrected chi connectivity index (χ3v) is 8.88. The second-order valence-electron chi connectivity index (χ2n) is 11.5. The van der Waals surface area contributed by atoms with Crippen LogP contribution in [0.5, 0.6) is 17.2 Å². The van der Waals surface area contributed by atoms with Crippen molar-refractivity contribution < 1.29 is 28.5 Å². The smallest absolute Gasteiger partial charge is 0.311 e. The molecular formula is C28H40O6. The first-order valence-electron chi connectivity index (χ1n) is 12.8. The molecule has 0 radical (unpaired) electrons. The summed E-state index contributed by atoms with van der Waals surface area (Å²) in [5.74, 6) is 1.04. The van der Waals surface area contributed by atoms with E-state index in [0.29, 0.717) is 11.7 Å². The van der Waals surface area contributed by atoms with E-state index in [4.69, 9.17) is 18.9 Å². The van der Waals surface area contributed by atoms with Crippen molar-refractivity contribution in [2.75, 3.05) is 7.11 Å². The lowest BCUT2D eigenvalue weighted by atomic mass is 9.44. The molecule has 6 heteroatoms. The Morgan fingerprint density at radius 3 is 2.18 bits per heavy atom. The maximum absolute atomic E-state index is 12.2. The van der Waals surface area contributed by atoms with Crippen molar-refractivity contribution >= 4 is 11.9 Å². The van der Waals surface area contributed by atoms with Gasteiger partial charge in [-0.15, -0.1) is 0 Å². The fraction of sp³-hybridized carbons (Fsp3) is 0.714. The van der Waals surface area contributed by atoms with Crippen LogP contribution in [0.3, 0.4) is 0 Å². The van der Waals surface area contributed by atoms with Crippen molar-refractivity contribution in [1.29, 1.82) is 0 Å². The van der Waals surface area contributed by atoms with Crippen LogP contribution < -0.4 is 14.2 Å². The topological polar surface area (TPSA) is 71.1 Å². The van der Waals surface area contributed by atoms with Crippen LogP contribution in [0.15, 0.2) is 12.1 Å². The highest BCUT2D eigenvalue weighted by Crippen LogP contribution is 2.67. The van der Waals surface area contributed by atoms with Crippen molar-refractivity contribution in [2.24, 2.45) is 22.7 Å².